The summed E-state index contributed by atoms with van der Waals surface area (Å²) < 4.78 is 0. The van der Waals surface area contributed by atoms with Crippen molar-refractivity contribution in [2.24, 2.45) is 17.6 Å². The SMILES string of the molecule is CCC1CN(C(=O)CC(CN)CC(C)C)CCS1. The molecule has 4 heteroatoms. The Balaban J connectivity index is 2.42. The van der Waals surface area contributed by atoms with E-state index >= 15 is 0 Å². The van der Waals surface area contributed by atoms with E-state index in [2.05, 4.69) is 20.8 Å². The molecule has 1 aliphatic heterocycles. The molecule has 1 heterocycles. The van der Waals surface area contributed by atoms with Crippen molar-refractivity contribution in [3.63, 3.8) is 0 Å². The van der Waals surface area contributed by atoms with Crippen molar-refractivity contribution in [2.45, 2.75) is 45.3 Å². The van der Waals surface area contributed by atoms with Crippen LogP contribution in [0.4, 0.5) is 0 Å². The highest BCUT2D eigenvalue weighted by molar-refractivity contribution is 8.00. The minimum Gasteiger partial charge on any atom is -0.341 e. The first-order chi connectivity index (χ1) is 8.56. The number of thioether (sulfide) groups is 1. The number of hydrogen-bond donors (Lipinski definition) is 1. The fourth-order valence-corrected chi connectivity index (χ4v) is 3.68. The van der Waals surface area contributed by atoms with Gasteiger partial charge in [-0.3, -0.25) is 4.79 Å². The van der Waals surface area contributed by atoms with Crippen LogP contribution in [0.3, 0.4) is 0 Å². The number of hydrogen-bond acceptors (Lipinski definition) is 3. The lowest BCUT2D eigenvalue weighted by atomic mass is 9.93. The predicted octanol–water partition coefficient (Wildman–Crippen LogP) is 2.35. The van der Waals surface area contributed by atoms with Crippen molar-refractivity contribution in [3.05, 3.63) is 0 Å². The van der Waals surface area contributed by atoms with Crippen molar-refractivity contribution in [3.8, 4) is 0 Å². The van der Waals surface area contributed by atoms with Crippen LogP contribution in [0.15, 0.2) is 0 Å². The minimum absolute atomic E-state index is 0.310. The summed E-state index contributed by atoms with van der Waals surface area (Å²) in [5.74, 6) is 2.37. The molecule has 0 aromatic carbocycles. The van der Waals surface area contributed by atoms with Gasteiger partial charge in [-0.25, -0.2) is 0 Å². The summed E-state index contributed by atoms with van der Waals surface area (Å²) in [5.41, 5.74) is 5.78. The van der Waals surface area contributed by atoms with Gasteiger partial charge in [0.1, 0.15) is 0 Å². The molecule has 1 rings (SSSR count). The summed E-state index contributed by atoms with van der Waals surface area (Å²) in [6.45, 7) is 9.06. The summed E-state index contributed by atoms with van der Waals surface area (Å²) in [7, 11) is 0. The first-order valence-corrected chi connectivity index (χ1v) is 8.21. The molecule has 1 amide bonds. The normalized spacial score (nSPS) is 22.3. The Kier molecular flexibility index (Phi) is 7.08. The molecule has 0 aromatic heterocycles. The van der Waals surface area contributed by atoms with Gasteiger partial charge < -0.3 is 10.6 Å². The Labute approximate surface area is 116 Å². The van der Waals surface area contributed by atoms with Gasteiger partial charge >= 0.3 is 0 Å². The first-order valence-electron chi connectivity index (χ1n) is 7.16. The summed E-state index contributed by atoms with van der Waals surface area (Å²) in [5, 5.41) is 0.629. The third-order valence-corrected chi connectivity index (χ3v) is 4.92. The van der Waals surface area contributed by atoms with Gasteiger partial charge in [0.2, 0.25) is 5.91 Å². The molecule has 106 valence electrons. The maximum atomic E-state index is 12.3. The minimum atomic E-state index is 0.310. The standard InChI is InChI=1S/C14H28N2OS/c1-4-13-10-16(5-6-18-13)14(17)8-12(9-15)7-11(2)3/h11-13H,4-10,15H2,1-3H3. The van der Waals surface area contributed by atoms with Gasteiger partial charge in [-0.05, 0) is 31.2 Å². The number of rotatable bonds is 6. The summed E-state index contributed by atoms with van der Waals surface area (Å²) in [4.78, 5) is 14.3. The van der Waals surface area contributed by atoms with Gasteiger partial charge in [-0.1, -0.05) is 20.8 Å². The number of nitrogens with zero attached hydrogens (tertiary/aromatic N) is 1. The van der Waals surface area contributed by atoms with E-state index in [-0.39, 0.29) is 0 Å². The molecule has 0 bridgehead atoms. The second-order valence-electron chi connectivity index (χ2n) is 5.68. The van der Waals surface area contributed by atoms with Crippen LogP contribution in [0.25, 0.3) is 0 Å². The van der Waals surface area contributed by atoms with Crippen molar-refractivity contribution in [1.29, 1.82) is 0 Å². The monoisotopic (exact) mass is 272 g/mol. The van der Waals surface area contributed by atoms with Gasteiger partial charge in [0.15, 0.2) is 0 Å². The molecule has 2 unspecified atom stereocenters. The Morgan fingerprint density at radius 1 is 1.50 bits per heavy atom. The third-order valence-electron chi connectivity index (χ3n) is 3.55. The lowest BCUT2D eigenvalue weighted by Crippen LogP contribution is -2.42. The summed E-state index contributed by atoms with van der Waals surface area (Å²) in [6, 6.07) is 0. The molecule has 18 heavy (non-hydrogen) atoms. The molecule has 1 aliphatic rings. The van der Waals surface area contributed by atoms with E-state index in [4.69, 9.17) is 5.73 Å². The van der Waals surface area contributed by atoms with Crippen molar-refractivity contribution >= 4 is 17.7 Å². The van der Waals surface area contributed by atoms with Gasteiger partial charge in [0.05, 0.1) is 0 Å². The molecular formula is C14H28N2OS. The number of carbonyl (C=O) groups excluding carboxylic acids is 1. The van der Waals surface area contributed by atoms with Crippen LogP contribution < -0.4 is 5.73 Å². The van der Waals surface area contributed by atoms with E-state index < -0.39 is 0 Å². The van der Waals surface area contributed by atoms with E-state index in [0.717, 1.165) is 31.7 Å². The van der Waals surface area contributed by atoms with Crippen LogP contribution in [-0.2, 0) is 4.79 Å². The van der Waals surface area contributed by atoms with Gasteiger partial charge in [0.25, 0.3) is 0 Å². The highest BCUT2D eigenvalue weighted by atomic mass is 32.2. The Hall–Kier alpha value is -0.220. The topological polar surface area (TPSA) is 46.3 Å². The van der Waals surface area contributed by atoms with Gasteiger partial charge in [0, 0.05) is 30.5 Å². The number of amides is 1. The van der Waals surface area contributed by atoms with E-state index in [0.29, 0.717) is 36.0 Å². The van der Waals surface area contributed by atoms with Crippen LogP contribution in [0.1, 0.15) is 40.0 Å². The number of nitrogens with two attached hydrogens (primary N) is 1. The summed E-state index contributed by atoms with van der Waals surface area (Å²) in [6.07, 6.45) is 2.85. The second kappa shape index (κ2) is 8.05. The number of carbonyl (C=O) groups is 1. The molecule has 1 saturated heterocycles. The third kappa shape index (κ3) is 5.19. The Morgan fingerprint density at radius 2 is 2.22 bits per heavy atom. The van der Waals surface area contributed by atoms with E-state index in [1.54, 1.807) is 0 Å². The maximum absolute atomic E-state index is 12.3. The molecule has 0 aromatic rings. The molecule has 2 atom stereocenters. The average Bonchev–Trinajstić information content (AvgIpc) is 2.37. The van der Waals surface area contributed by atoms with Gasteiger partial charge in [-0.15, -0.1) is 0 Å². The molecular weight excluding hydrogens is 244 g/mol. The Bertz CT molecular complexity index is 258. The average molecular weight is 272 g/mol. The fraction of sp³-hybridized carbons (Fsp3) is 0.929. The zero-order valence-corrected chi connectivity index (χ0v) is 12.8. The van der Waals surface area contributed by atoms with Crippen LogP contribution in [-0.4, -0.2) is 41.4 Å². The lowest BCUT2D eigenvalue weighted by Gasteiger charge is -2.33. The van der Waals surface area contributed by atoms with Crippen LogP contribution in [0.5, 0.6) is 0 Å². The maximum Gasteiger partial charge on any atom is 0.222 e. The second-order valence-corrected chi connectivity index (χ2v) is 7.08. The van der Waals surface area contributed by atoms with Crippen LogP contribution in [0.2, 0.25) is 0 Å². The molecule has 0 radical (unpaired) electrons. The lowest BCUT2D eigenvalue weighted by molar-refractivity contribution is -0.132. The summed E-state index contributed by atoms with van der Waals surface area (Å²) >= 11 is 2.00. The first kappa shape index (κ1) is 15.8. The molecule has 0 saturated carbocycles. The zero-order valence-electron chi connectivity index (χ0n) is 12.0. The van der Waals surface area contributed by atoms with E-state index in [1.807, 2.05) is 16.7 Å². The quantitative estimate of drug-likeness (QED) is 0.807. The molecule has 0 aliphatic carbocycles. The van der Waals surface area contributed by atoms with E-state index in [9.17, 15) is 4.79 Å². The Morgan fingerprint density at radius 3 is 2.78 bits per heavy atom. The molecule has 2 N–H and O–H groups in total. The van der Waals surface area contributed by atoms with Crippen molar-refractivity contribution in [2.75, 3.05) is 25.4 Å². The fourth-order valence-electron chi connectivity index (χ4n) is 2.50. The highest BCUT2D eigenvalue weighted by Crippen LogP contribution is 2.23. The molecule has 3 nitrogen and oxygen atoms in total. The molecule has 0 spiro atoms. The zero-order chi connectivity index (χ0) is 13.5. The largest absolute Gasteiger partial charge is 0.341 e. The highest BCUT2D eigenvalue weighted by Gasteiger charge is 2.24. The van der Waals surface area contributed by atoms with Crippen LogP contribution in [0, 0.1) is 11.8 Å². The smallest absolute Gasteiger partial charge is 0.222 e. The molecule has 1 fully saturated rings. The van der Waals surface area contributed by atoms with Gasteiger partial charge in [-0.2, -0.15) is 11.8 Å². The van der Waals surface area contributed by atoms with E-state index in [1.165, 1.54) is 0 Å². The predicted molar refractivity (Wildman–Crippen MR) is 79.7 cm³/mol. The van der Waals surface area contributed by atoms with Crippen LogP contribution >= 0.6 is 11.8 Å². The van der Waals surface area contributed by atoms with Crippen molar-refractivity contribution in [1.82, 2.24) is 4.90 Å². The van der Waals surface area contributed by atoms with Crippen molar-refractivity contribution < 1.29 is 4.79 Å².